The molecule has 0 aliphatic carbocycles. The van der Waals surface area contributed by atoms with E-state index in [0.29, 0.717) is 26.1 Å². The fourth-order valence-electron chi connectivity index (χ4n) is 1.72. The van der Waals surface area contributed by atoms with Crippen LogP contribution >= 0.6 is 0 Å². The quantitative estimate of drug-likeness (QED) is 0.780. The highest BCUT2D eigenvalue weighted by molar-refractivity contribution is 5.87. The van der Waals surface area contributed by atoms with Crippen LogP contribution < -0.4 is 5.32 Å². The number of hydrogen-bond donors (Lipinski definition) is 2. The number of carboxylic acids is 1. The van der Waals surface area contributed by atoms with Crippen LogP contribution in [0.5, 0.6) is 0 Å². The Labute approximate surface area is 113 Å². The number of rotatable bonds is 7. The van der Waals surface area contributed by atoms with Crippen LogP contribution in [0.25, 0.3) is 0 Å². The Morgan fingerprint density at radius 1 is 1.26 bits per heavy atom. The number of carboxylic acid groups (broad SMARTS) is 1. The van der Waals surface area contributed by atoms with E-state index in [1.54, 1.807) is 24.3 Å². The Kier molecular flexibility index (Phi) is 6.02. The van der Waals surface area contributed by atoms with Crippen LogP contribution in [0.1, 0.15) is 29.3 Å². The molecule has 0 saturated carbocycles. The zero-order valence-electron chi connectivity index (χ0n) is 11.3. The molecule has 2 N–H and O–H groups in total. The topological polar surface area (TPSA) is 69.6 Å². The Balaban J connectivity index is 2.41. The first-order valence-corrected chi connectivity index (χ1v) is 6.30. The molecule has 0 bridgehead atoms. The SMILES string of the molecule is CCNC(=O)CCN(C)Cc1ccc(C(=O)O)cc1. The largest absolute Gasteiger partial charge is 0.478 e. The maximum Gasteiger partial charge on any atom is 0.335 e. The molecule has 0 fully saturated rings. The third-order valence-electron chi connectivity index (χ3n) is 2.75. The van der Waals surface area contributed by atoms with Crippen LogP contribution in [-0.4, -0.2) is 42.0 Å². The van der Waals surface area contributed by atoms with Crippen molar-refractivity contribution in [1.82, 2.24) is 10.2 Å². The number of aromatic carboxylic acids is 1. The zero-order valence-corrected chi connectivity index (χ0v) is 11.3. The summed E-state index contributed by atoms with van der Waals surface area (Å²) in [6.45, 7) is 3.91. The van der Waals surface area contributed by atoms with Crippen molar-refractivity contribution < 1.29 is 14.7 Å². The van der Waals surface area contributed by atoms with Crippen molar-refractivity contribution >= 4 is 11.9 Å². The molecule has 0 heterocycles. The van der Waals surface area contributed by atoms with Crippen molar-refractivity contribution in [2.24, 2.45) is 0 Å². The van der Waals surface area contributed by atoms with Crippen molar-refractivity contribution in [2.75, 3.05) is 20.1 Å². The van der Waals surface area contributed by atoms with Gasteiger partial charge in [0, 0.05) is 26.1 Å². The average molecular weight is 264 g/mol. The highest BCUT2D eigenvalue weighted by atomic mass is 16.4. The molecule has 5 nitrogen and oxygen atoms in total. The highest BCUT2D eigenvalue weighted by Gasteiger charge is 2.06. The Bertz CT molecular complexity index is 429. The lowest BCUT2D eigenvalue weighted by Gasteiger charge is -2.16. The Morgan fingerprint density at radius 2 is 1.89 bits per heavy atom. The summed E-state index contributed by atoms with van der Waals surface area (Å²) in [6, 6.07) is 6.78. The maximum atomic E-state index is 11.3. The first-order valence-electron chi connectivity index (χ1n) is 6.30. The van der Waals surface area contributed by atoms with E-state index in [2.05, 4.69) is 5.32 Å². The number of amides is 1. The monoisotopic (exact) mass is 264 g/mol. The van der Waals surface area contributed by atoms with E-state index in [-0.39, 0.29) is 11.5 Å². The first kappa shape index (κ1) is 15.2. The number of carbonyl (C=O) groups excluding carboxylic acids is 1. The number of carbonyl (C=O) groups is 2. The molecule has 0 atom stereocenters. The summed E-state index contributed by atoms with van der Waals surface area (Å²) in [6.07, 6.45) is 0.470. The molecule has 0 unspecified atom stereocenters. The van der Waals surface area contributed by atoms with E-state index in [9.17, 15) is 9.59 Å². The third kappa shape index (κ3) is 5.52. The standard InChI is InChI=1S/C14H20N2O3/c1-3-15-13(17)8-9-16(2)10-11-4-6-12(7-5-11)14(18)19/h4-7H,3,8-10H2,1-2H3,(H,15,17)(H,18,19). The van der Waals surface area contributed by atoms with Gasteiger partial charge >= 0.3 is 5.97 Å². The molecular weight excluding hydrogens is 244 g/mol. The average Bonchev–Trinajstić information content (AvgIpc) is 2.37. The van der Waals surface area contributed by atoms with Crippen molar-refractivity contribution in [3.05, 3.63) is 35.4 Å². The summed E-state index contributed by atoms with van der Waals surface area (Å²) in [5.74, 6) is -0.869. The normalized spacial score (nSPS) is 10.5. The molecule has 1 rings (SSSR count). The molecule has 1 amide bonds. The number of benzene rings is 1. The lowest BCUT2D eigenvalue weighted by molar-refractivity contribution is -0.121. The van der Waals surface area contributed by atoms with Gasteiger partial charge in [0.25, 0.3) is 0 Å². The minimum absolute atomic E-state index is 0.0515. The Morgan fingerprint density at radius 3 is 2.42 bits per heavy atom. The van der Waals surface area contributed by atoms with Crippen molar-refractivity contribution in [2.45, 2.75) is 19.9 Å². The van der Waals surface area contributed by atoms with Crippen LogP contribution in [0.15, 0.2) is 24.3 Å². The Hall–Kier alpha value is -1.88. The fraction of sp³-hybridized carbons (Fsp3) is 0.429. The van der Waals surface area contributed by atoms with Crippen LogP contribution in [0.2, 0.25) is 0 Å². The van der Waals surface area contributed by atoms with Gasteiger partial charge in [0.05, 0.1) is 5.56 Å². The van der Waals surface area contributed by atoms with Gasteiger partial charge in [0.1, 0.15) is 0 Å². The summed E-state index contributed by atoms with van der Waals surface area (Å²) in [4.78, 5) is 24.1. The van der Waals surface area contributed by atoms with E-state index < -0.39 is 5.97 Å². The third-order valence-corrected chi connectivity index (χ3v) is 2.75. The minimum atomic E-state index is -0.920. The van der Waals surface area contributed by atoms with Crippen molar-refractivity contribution in [1.29, 1.82) is 0 Å². The second-order valence-corrected chi connectivity index (χ2v) is 4.44. The van der Waals surface area contributed by atoms with E-state index in [0.717, 1.165) is 5.56 Å². The molecule has 0 aliphatic heterocycles. The second-order valence-electron chi connectivity index (χ2n) is 4.44. The molecule has 0 aromatic heterocycles. The van der Waals surface area contributed by atoms with Gasteiger partial charge in [-0.3, -0.25) is 4.79 Å². The van der Waals surface area contributed by atoms with Gasteiger partial charge in [-0.2, -0.15) is 0 Å². The lowest BCUT2D eigenvalue weighted by atomic mass is 10.1. The molecule has 1 aromatic carbocycles. The molecule has 19 heavy (non-hydrogen) atoms. The smallest absolute Gasteiger partial charge is 0.335 e. The molecule has 0 saturated heterocycles. The van der Waals surface area contributed by atoms with Gasteiger partial charge in [0.15, 0.2) is 0 Å². The zero-order chi connectivity index (χ0) is 14.3. The van der Waals surface area contributed by atoms with E-state index >= 15 is 0 Å². The molecule has 0 spiro atoms. The second kappa shape index (κ2) is 7.53. The molecule has 104 valence electrons. The summed E-state index contributed by atoms with van der Waals surface area (Å²) in [7, 11) is 1.93. The van der Waals surface area contributed by atoms with Crippen LogP contribution in [-0.2, 0) is 11.3 Å². The van der Waals surface area contributed by atoms with Gasteiger partial charge in [0.2, 0.25) is 5.91 Å². The highest BCUT2D eigenvalue weighted by Crippen LogP contribution is 2.07. The van der Waals surface area contributed by atoms with Crippen LogP contribution in [0.3, 0.4) is 0 Å². The van der Waals surface area contributed by atoms with Crippen molar-refractivity contribution in [3.8, 4) is 0 Å². The molecule has 5 heteroatoms. The number of hydrogen-bond acceptors (Lipinski definition) is 3. The van der Waals surface area contributed by atoms with Crippen molar-refractivity contribution in [3.63, 3.8) is 0 Å². The summed E-state index contributed by atoms with van der Waals surface area (Å²) < 4.78 is 0. The fourth-order valence-corrected chi connectivity index (χ4v) is 1.72. The number of nitrogens with zero attached hydrogens (tertiary/aromatic N) is 1. The summed E-state index contributed by atoms with van der Waals surface area (Å²) >= 11 is 0. The maximum absolute atomic E-state index is 11.3. The van der Waals surface area contributed by atoms with E-state index in [1.807, 2.05) is 18.9 Å². The van der Waals surface area contributed by atoms with Crippen LogP contribution in [0.4, 0.5) is 0 Å². The van der Waals surface area contributed by atoms with Gasteiger partial charge < -0.3 is 15.3 Å². The van der Waals surface area contributed by atoms with E-state index in [4.69, 9.17) is 5.11 Å². The van der Waals surface area contributed by atoms with E-state index in [1.165, 1.54) is 0 Å². The van der Waals surface area contributed by atoms with Gasteiger partial charge in [-0.15, -0.1) is 0 Å². The lowest BCUT2D eigenvalue weighted by Crippen LogP contribution is -2.28. The molecule has 0 radical (unpaired) electrons. The molecule has 0 aliphatic rings. The minimum Gasteiger partial charge on any atom is -0.478 e. The predicted molar refractivity (Wildman–Crippen MR) is 73.0 cm³/mol. The first-order chi connectivity index (χ1) is 9.02. The van der Waals surface area contributed by atoms with Gasteiger partial charge in [-0.1, -0.05) is 12.1 Å². The predicted octanol–water partition coefficient (Wildman–Crippen LogP) is 1.34. The van der Waals surface area contributed by atoms with Crippen LogP contribution in [0, 0.1) is 0 Å². The molecular formula is C14H20N2O3. The van der Waals surface area contributed by atoms with Gasteiger partial charge in [-0.25, -0.2) is 4.79 Å². The summed E-state index contributed by atoms with van der Waals surface area (Å²) in [5.41, 5.74) is 1.32. The number of nitrogens with one attached hydrogen (secondary N) is 1. The summed E-state index contributed by atoms with van der Waals surface area (Å²) in [5, 5.41) is 11.6. The molecule has 1 aromatic rings. The van der Waals surface area contributed by atoms with Gasteiger partial charge in [-0.05, 0) is 31.7 Å².